The van der Waals surface area contributed by atoms with Crippen LogP contribution >= 0.6 is 0 Å². The van der Waals surface area contributed by atoms with Crippen LogP contribution in [0.1, 0.15) is 52.0 Å². The molecule has 1 N–H and O–H groups in total. The molecule has 2 aromatic rings. The van der Waals surface area contributed by atoms with Gasteiger partial charge in [0.25, 0.3) is 11.8 Å². The third-order valence-corrected chi connectivity index (χ3v) is 6.70. The Kier molecular flexibility index (Phi) is 6.09. The lowest BCUT2D eigenvalue weighted by atomic mass is 9.95. The van der Waals surface area contributed by atoms with Crippen molar-refractivity contribution in [2.75, 3.05) is 31.1 Å². The second-order valence-electron chi connectivity index (χ2n) is 8.92. The molecule has 1 aromatic heterocycles. The van der Waals surface area contributed by atoms with Crippen LogP contribution in [0.4, 0.5) is 5.69 Å². The third-order valence-electron chi connectivity index (χ3n) is 6.70. The molecule has 5 rings (SSSR count). The summed E-state index contributed by atoms with van der Waals surface area (Å²) >= 11 is 0. The van der Waals surface area contributed by atoms with Gasteiger partial charge in [0.1, 0.15) is 0 Å². The average molecular weight is 449 g/mol. The maximum Gasteiger partial charge on any atom is 0.263 e. The van der Waals surface area contributed by atoms with E-state index in [1.54, 1.807) is 24.5 Å². The van der Waals surface area contributed by atoms with Gasteiger partial charge >= 0.3 is 0 Å². The molecule has 2 atom stereocenters. The van der Waals surface area contributed by atoms with Crippen LogP contribution in [-0.2, 0) is 16.1 Å². The van der Waals surface area contributed by atoms with Crippen molar-refractivity contribution >= 4 is 23.4 Å². The topological polar surface area (TPSA) is 91.8 Å². The van der Waals surface area contributed by atoms with Crippen LogP contribution in [0.15, 0.2) is 42.7 Å². The van der Waals surface area contributed by atoms with Gasteiger partial charge in [0.2, 0.25) is 5.91 Å². The van der Waals surface area contributed by atoms with Crippen molar-refractivity contribution in [3.63, 3.8) is 0 Å². The Morgan fingerprint density at radius 3 is 2.82 bits per heavy atom. The smallest absolute Gasteiger partial charge is 0.263 e. The van der Waals surface area contributed by atoms with Crippen molar-refractivity contribution in [2.45, 2.75) is 38.3 Å². The minimum atomic E-state index is -0.292. The Bertz CT molecular complexity index is 1050. The molecule has 0 bridgehead atoms. The van der Waals surface area contributed by atoms with E-state index in [2.05, 4.69) is 15.2 Å². The summed E-state index contributed by atoms with van der Waals surface area (Å²) in [5.74, 6) is -0.707. The van der Waals surface area contributed by atoms with E-state index in [9.17, 15) is 14.4 Å². The molecular formula is C25H28N4O4. The largest absolute Gasteiger partial charge is 0.376 e. The normalized spacial score (nSPS) is 22.5. The van der Waals surface area contributed by atoms with Crippen LogP contribution in [0.3, 0.4) is 0 Å². The quantitative estimate of drug-likeness (QED) is 0.683. The number of ether oxygens (including phenoxy) is 1. The van der Waals surface area contributed by atoms with E-state index in [1.165, 1.54) is 4.90 Å². The van der Waals surface area contributed by atoms with E-state index in [0.29, 0.717) is 24.2 Å². The van der Waals surface area contributed by atoms with E-state index >= 15 is 0 Å². The van der Waals surface area contributed by atoms with Gasteiger partial charge in [-0.25, -0.2) is 0 Å². The number of carbonyl (C=O) groups is 3. The van der Waals surface area contributed by atoms with Crippen molar-refractivity contribution in [3.05, 3.63) is 59.4 Å². The fraction of sp³-hybridized carbons (Fsp3) is 0.440. The summed E-state index contributed by atoms with van der Waals surface area (Å²) in [7, 11) is 0. The first-order valence-corrected chi connectivity index (χ1v) is 11.6. The van der Waals surface area contributed by atoms with Crippen LogP contribution in [0.2, 0.25) is 0 Å². The third kappa shape index (κ3) is 4.35. The molecule has 0 aliphatic carbocycles. The zero-order valence-electron chi connectivity index (χ0n) is 18.5. The number of amides is 3. The standard InChI is InChI=1S/C25H28N4O4/c30-23(27-14-19-7-4-12-33-19)18-6-3-11-28(16-18)21-9-1-8-20-22(21)25(32)29(24(20)31)15-17-5-2-10-26-13-17/h1-2,5,8-10,13,18-19H,3-4,6-7,11-12,14-16H2,(H,27,30). The van der Waals surface area contributed by atoms with E-state index in [4.69, 9.17) is 4.74 Å². The summed E-state index contributed by atoms with van der Waals surface area (Å²) in [4.78, 5) is 46.6. The molecule has 3 aliphatic heterocycles. The van der Waals surface area contributed by atoms with E-state index in [1.807, 2.05) is 18.2 Å². The van der Waals surface area contributed by atoms with Gasteiger partial charge in [-0.05, 0) is 49.4 Å². The lowest BCUT2D eigenvalue weighted by Gasteiger charge is -2.34. The van der Waals surface area contributed by atoms with Gasteiger partial charge in [-0.15, -0.1) is 0 Å². The Labute approximate surface area is 192 Å². The van der Waals surface area contributed by atoms with Gasteiger partial charge < -0.3 is 15.0 Å². The summed E-state index contributed by atoms with van der Waals surface area (Å²) in [5.41, 5.74) is 2.39. The van der Waals surface area contributed by atoms with E-state index < -0.39 is 0 Å². The Hall–Kier alpha value is -3.26. The zero-order valence-corrected chi connectivity index (χ0v) is 18.5. The number of fused-ring (bicyclic) bond motifs is 1. The number of piperidine rings is 1. The first-order chi connectivity index (χ1) is 16.1. The average Bonchev–Trinajstić information content (AvgIpc) is 3.46. The number of imide groups is 1. The number of nitrogens with zero attached hydrogens (tertiary/aromatic N) is 3. The molecule has 3 amide bonds. The van der Waals surface area contributed by atoms with Crippen molar-refractivity contribution in [3.8, 4) is 0 Å². The SMILES string of the molecule is O=C(NCC1CCCO1)C1CCCN(c2cccc3c2C(=O)N(Cc2cccnc2)C3=O)C1. The van der Waals surface area contributed by atoms with Gasteiger partial charge in [-0.3, -0.25) is 24.3 Å². The first-order valence-electron chi connectivity index (χ1n) is 11.6. The maximum absolute atomic E-state index is 13.3. The summed E-state index contributed by atoms with van der Waals surface area (Å²) in [6, 6.07) is 9.04. The van der Waals surface area contributed by atoms with Crippen LogP contribution in [0.25, 0.3) is 0 Å². The molecule has 0 saturated carbocycles. The van der Waals surface area contributed by atoms with Crippen molar-refractivity contribution in [2.24, 2.45) is 5.92 Å². The van der Waals surface area contributed by atoms with Gasteiger partial charge in [0.05, 0.1) is 35.4 Å². The zero-order chi connectivity index (χ0) is 22.8. The van der Waals surface area contributed by atoms with Crippen LogP contribution in [0, 0.1) is 5.92 Å². The van der Waals surface area contributed by atoms with Crippen molar-refractivity contribution in [1.29, 1.82) is 0 Å². The minimum absolute atomic E-state index is 0.0309. The van der Waals surface area contributed by atoms with Crippen LogP contribution in [-0.4, -0.2) is 60.0 Å². The summed E-state index contributed by atoms with van der Waals surface area (Å²) in [6.07, 6.45) is 7.12. The lowest BCUT2D eigenvalue weighted by molar-refractivity contribution is -0.125. The monoisotopic (exact) mass is 448 g/mol. The molecule has 3 aliphatic rings. The highest BCUT2D eigenvalue weighted by atomic mass is 16.5. The molecule has 2 saturated heterocycles. The predicted molar refractivity (Wildman–Crippen MR) is 122 cm³/mol. The molecule has 0 radical (unpaired) electrons. The second kappa shape index (κ2) is 9.31. The maximum atomic E-state index is 13.3. The number of pyridine rings is 1. The molecular weight excluding hydrogens is 420 g/mol. The van der Waals surface area contributed by atoms with E-state index in [0.717, 1.165) is 50.1 Å². The highest BCUT2D eigenvalue weighted by Crippen LogP contribution is 2.34. The number of anilines is 1. The molecule has 8 heteroatoms. The molecule has 33 heavy (non-hydrogen) atoms. The van der Waals surface area contributed by atoms with Crippen LogP contribution in [0.5, 0.6) is 0 Å². The summed E-state index contributed by atoms with van der Waals surface area (Å²) in [6.45, 7) is 2.77. The minimum Gasteiger partial charge on any atom is -0.376 e. The van der Waals surface area contributed by atoms with Gasteiger partial charge in [0.15, 0.2) is 0 Å². The highest BCUT2D eigenvalue weighted by molar-refractivity contribution is 6.23. The fourth-order valence-electron chi connectivity index (χ4n) is 4.97. The number of hydrogen-bond donors (Lipinski definition) is 1. The molecule has 8 nitrogen and oxygen atoms in total. The summed E-state index contributed by atoms with van der Waals surface area (Å²) < 4.78 is 5.60. The van der Waals surface area contributed by atoms with Crippen molar-refractivity contribution < 1.29 is 19.1 Å². The van der Waals surface area contributed by atoms with Gasteiger partial charge in [-0.1, -0.05) is 12.1 Å². The Balaban J connectivity index is 1.31. The van der Waals surface area contributed by atoms with Crippen molar-refractivity contribution in [1.82, 2.24) is 15.2 Å². The molecule has 2 fully saturated rings. The van der Waals surface area contributed by atoms with Gasteiger partial charge in [-0.2, -0.15) is 0 Å². The Morgan fingerprint density at radius 2 is 2.03 bits per heavy atom. The number of benzene rings is 1. The Morgan fingerprint density at radius 1 is 1.12 bits per heavy atom. The molecule has 0 spiro atoms. The lowest BCUT2D eigenvalue weighted by Crippen LogP contribution is -2.45. The fourth-order valence-corrected chi connectivity index (χ4v) is 4.97. The number of rotatable bonds is 6. The predicted octanol–water partition coefficient (Wildman–Crippen LogP) is 2.39. The molecule has 4 heterocycles. The number of carbonyl (C=O) groups excluding carboxylic acids is 3. The number of aromatic nitrogens is 1. The van der Waals surface area contributed by atoms with E-state index in [-0.39, 0.29) is 36.3 Å². The number of nitrogens with one attached hydrogen (secondary N) is 1. The second-order valence-corrected chi connectivity index (χ2v) is 8.92. The first kappa shape index (κ1) is 21.6. The number of hydrogen-bond acceptors (Lipinski definition) is 6. The molecule has 172 valence electrons. The summed E-state index contributed by atoms with van der Waals surface area (Å²) in [5, 5.41) is 3.04. The van der Waals surface area contributed by atoms with Gasteiger partial charge in [0, 0.05) is 38.6 Å². The molecule has 2 unspecified atom stereocenters. The highest BCUT2D eigenvalue weighted by Gasteiger charge is 2.39. The molecule has 1 aromatic carbocycles. The van der Waals surface area contributed by atoms with Crippen LogP contribution < -0.4 is 10.2 Å².